The number of esters is 1. The summed E-state index contributed by atoms with van der Waals surface area (Å²) in [6, 6.07) is 7.92. The maximum absolute atomic E-state index is 11.3. The molecule has 1 aromatic carbocycles. The minimum atomic E-state index is -0.245. The predicted octanol–water partition coefficient (Wildman–Crippen LogP) is 0.380. The first kappa shape index (κ1) is 13.5. The monoisotopic (exact) mass is 262 g/mol. The molecule has 1 aliphatic rings. The van der Waals surface area contributed by atoms with Gasteiger partial charge in [0.2, 0.25) is 5.91 Å². The van der Waals surface area contributed by atoms with Gasteiger partial charge in [-0.2, -0.15) is 0 Å². The average Bonchev–Trinajstić information content (AvgIpc) is 2.83. The predicted molar refractivity (Wildman–Crippen MR) is 70.4 cm³/mol. The third-order valence-corrected chi connectivity index (χ3v) is 3.24. The minimum Gasteiger partial charge on any atom is -0.469 e. The molecule has 1 heterocycles. The van der Waals surface area contributed by atoms with Crippen LogP contribution in [0.4, 0.5) is 0 Å². The lowest BCUT2D eigenvalue weighted by Crippen LogP contribution is -2.30. The van der Waals surface area contributed by atoms with Crippen molar-refractivity contribution in [2.75, 3.05) is 13.7 Å². The summed E-state index contributed by atoms with van der Waals surface area (Å²) in [5.74, 6) is -0.162. The van der Waals surface area contributed by atoms with E-state index in [4.69, 9.17) is 0 Å². The number of benzene rings is 1. The molecule has 1 amide bonds. The van der Waals surface area contributed by atoms with E-state index in [9.17, 15) is 9.59 Å². The van der Waals surface area contributed by atoms with E-state index in [0.717, 1.165) is 11.1 Å². The molecule has 5 nitrogen and oxygen atoms in total. The topological polar surface area (TPSA) is 67.4 Å². The Morgan fingerprint density at radius 2 is 2.16 bits per heavy atom. The Hall–Kier alpha value is -1.88. The third-order valence-electron chi connectivity index (χ3n) is 3.24. The highest BCUT2D eigenvalue weighted by Crippen LogP contribution is 2.11. The van der Waals surface area contributed by atoms with Crippen molar-refractivity contribution in [2.45, 2.75) is 25.4 Å². The Morgan fingerprint density at radius 3 is 2.79 bits per heavy atom. The average molecular weight is 262 g/mol. The largest absolute Gasteiger partial charge is 0.469 e. The molecule has 1 unspecified atom stereocenters. The summed E-state index contributed by atoms with van der Waals surface area (Å²) in [7, 11) is 1.39. The molecule has 1 aromatic rings. The molecule has 1 saturated heterocycles. The molecule has 0 radical (unpaired) electrons. The van der Waals surface area contributed by atoms with Gasteiger partial charge in [-0.1, -0.05) is 24.3 Å². The van der Waals surface area contributed by atoms with Gasteiger partial charge < -0.3 is 15.4 Å². The van der Waals surface area contributed by atoms with Crippen molar-refractivity contribution in [3.8, 4) is 0 Å². The maximum atomic E-state index is 11.3. The van der Waals surface area contributed by atoms with E-state index in [-0.39, 0.29) is 24.3 Å². The Bertz CT molecular complexity index is 474. The zero-order valence-electron chi connectivity index (χ0n) is 10.9. The zero-order chi connectivity index (χ0) is 13.7. The second-order valence-electron chi connectivity index (χ2n) is 4.61. The van der Waals surface area contributed by atoms with E-state index in [1.54, 1.807) is 0 Å². The Balaban J connectivity index is 1.95. The fraction of sp³-hybridized carbons (Fsp3) is 0.429. The van der Waals surface area contributed by atoms with E-state index in [1.165, 1.54) is 7.11 Å². The number of ether oxygens (including phenoxy) is 1. The lowest BCUT2D eigenvalue weighted by molar-refractivity contribution is -0.139. The number of rotatable bonds is 5. The molecule has 1 fully saturated rings. The van der Waals surface area contributed by atoms with Crippen molar-refractivity contribution in [1.82, 2.24) is 10.6 Å². The van der Waals surface area contributed by atoms with Gasteiger partial charge in [-0.25, -0.2) is 0 Å². The molecule has 1 atom stereocenters. The number of hydrogen-bond acceptors (Lipinski definition) is 4. The first-order chi connectivity index (χ1) is 9.19. The van der Waals surface area contributed by atoms with Crippen LogP contribution in [0.15, 0.2) is 24.3 Å². The van der Waals surface area contributed by atoms with Crippen LogP contribution in [0.5, 0.6) is 0 Å². The highest BCUT2D eigenvalue weighted by atomic mass is 16.5. The van der Waals surface area contributed by atoms with Gasteiger partial charge in [0.05, 0.1) is 13.5 Å². The van der Waals surface area contributed by atoms with Crippen LogP contribution in [0.1, 0.15) is 17.5 Å². The van der Waals surface area contributed by atoms with Crippen LogP contribution in [-0.2, 0) is 27.3 Å². The van der Waals surface area contributed by atoms with Crippen LogP contribution in [0.25, 0.3) is 0 Å². The molecule has 102 valence electrons. The fourth-order valence-electron chi connectivity index (χ4n) is 2.13. The summed E-state index contributed by atoms with van der Waals surface area (Å²) in [5.41, 5.74) is 2.02. The van der Waals surface area contributed by atoms with Crippen LogP contribution in [0.2, 0.25) is 0 Å². The number of carbonyl (C=O) groups excluding carboxylic acids is 2. The van der Waals surface area contributed by atoms with Gasteiger partial charge in [-0.3, -0.25) is 9.59 Å². The lowest BCUT2D eigenvalue weighted by Gasteiger charge is -2.13. The van der Waals surface area contributed by atoms with E-state index < -0.39 is 0 Å². The van der Waals surface area contributed by atoms with Gasteiger partial charge in [0, 0.05) is 25.6 Å². The quantitative estimate of drug-likeness (QED) is 0.753. The van der Waals surface area contributed by atoms with Gasteiger partial charge in [0.15, 0.2) is 0 Å². The van der Waals surface area contributed by atoms with Crippen LogP contribution in [-0.4, -0.2) is 31.6 Å². The van der Waals surface area contributed by atoms with Crippen molar-refractivity contribution in [3.05, 3.63) is 35.4 Å². The van der Waals surface area contributed by atoms with Gasteiger partial charge in [-0.05, 0) is 11.1 Å². The summed E-state index contributed by atoms with van der Waals surface area (Å²) >= 11 is 0. The van der Waals surface area contributed by atoms with Crippen molar-refractivity contribution >= 4 is 11.9 Å². The molecular formula is C14H18N2O3. The molecule has 19 heavy (non-hydrogen) atoms. The van der Waals surface area contributed by atoms with Gasteiger partial charge in [-0.15, -0.1) is 0 Å². The second-order valence-corrected chi connectivity index (χ2v) is 4.61. The van der Waals surface area contributed by atoms with E-state index in [1.807, 2.05) is 24.3 Å². The van der Waals surface area contributed by atoms with Crippen molar-refractivity contribution in [1.29, 1.82) is 0 Å². The molecule has 5 heteroatoms. The van der Waals surface area contributed by atoms with Crippen LogP contribution in [0, 0.1) is 0 Å². The molecule has 1 aliphatic heterocycles. The molecule has 0 aromatic heterocycles. The third kappa shape index (κ3) is 3.79. The Kier molecular flexibility index (Phi) is 4.52. The normalized spacial score (nSPS) is 18.2. The summed E-state index contributed by atoms with van der Waals surface area (Å²) < 4.78 is 4.69. The summed E-state index contributed by atoms with van der Waals surface area (Å²) in [6.45, 7) is 1.31. The van der Waals surface area contributed by atoms with Gasteiger partial charge in [0.25, 0.3) is 0 Å². The number of carbonyl (C=O) groups is 2. The summed E-state index contributed by atoms with van der Waals surface area (Å²) in [5, 5.41) is 6.11. The fourth-order valence-corrected chi connectivity index (χ4v) is 2.13. The molecule has 0 bridgehead atoms. The first-order valence-electron chi connectivity index (χ1n) is 6.32. The van der Waals surface area contributed by atoms with Crippen molar-refractivity contribution in [3.63, 3.8) is 0 Å². The smallest absolute Gasteiger partial charge is 0.309 e. The first-order valence-corrected chi connectivity index (χ1v) is 6.32. The van der Waals surface area contributed by atoms with Crippen molar-refractivity contribution in [2.24, 2.45) is 0 Å². The van der Waals surface area contributed by atoms with Gasteiger partial charge >= 0.3 is 5.97 Å². The van der Waals surface area contributed by atoms with E-state index in [0.29, 0.717) is 19.5 Å². The number of nitrogens with one attached hydrogen (secondary N) is 2. The summed E-state index contributed by atoms with van der Waals surface area (Å²) in [4.78, 5) is 22.4. The highest BCUT2D eigenvalue weighted by molar-refractivity contribution is 5.78. The lowest BCUT2D eigenvalue weighted by atomic mass is 10.0. The molecule has 0 spiro atoms. The molecule has 0 saturated carbocycles. The Morgan fingerprint density at radius 1 is 1.42 bits per heavy atom. The molecule has 2 N–H and O–H groups in total. The van der Waals surface area contributed by atoms with Crippen LogP contribution >= 0.6 is 0 Å². The Labute approximate surface area is 112 Å². The molecule has 0 aliphatic carbocycles. The highest BCUT2D eigenvalue weighted by Gasteiger charge is 2.20. The minimum absolute atomic E-state index is 0.0837. The van der Waals surface area contributed by atoms with Gasteiger partial charge in [0.1, 0.15) is 0 Å². The van der Waals surface area contributed by atoms with E-state index >= 15 is 0 Å². The number of methoxy groups -OCH3 is 1. The standard InChI is InChI=1S/C14H18N2O3/c1-19-14(18)6-10-4-2-3-5-11(10)8-15-12-7-13(17)16-9-12/h2-5,12,15H,6-9H2,1H3,(H,16,17). The number of hydrogen-bond donors (Lipinski definition) is 2. The zero-order valence-corrected chi connectivity index (χ0v) is 10.9. The summed E-state index contributed by atoms with van der Waals surface area (Å²) in [6.07, 6.45) is 0.787. The van der Waals surface area contributed by atoms with Crippen LogP contribution < -0.4 is 10.6 Å². The SMILES string of the molecule is COC(=O)Cc1ccccc1CNC1CNC(=O)C1. The molecule has 2 rings (SSSR count). The van der Waals surface area contributed by atoms with Crippen molar-refractivity contribution < 1.29 is 14.3 Å². The number of amides is 1. The molecular weight excluding hydrogens is 244 g/mol. The second kappa shape index (κ2) is 6.33. The van der Waals surface area contributed by atoms with E-state index in [2.05, 4.69) is 15.4 Å². The maximum Gasteiger partial charge on any atom is 0.309 e. The van der Waals surface area contributed by atoms with Crippen LogP contribution in [0.3, 0.4) is 0 Å².